The number of benzene rings is 2. The maximum absolute atomic E-state index is 12.9. The van der Waals surface area contributed by atoms with Gasteiger partial charge in [-0.25, -0.2) is 8.42 Å². The van der Waals surface area contributed by atoms with E-state index in [1.807, 2.05) is 13.0 Å². The fourth-order valence-electron chi connectivity index (χ4n) is 2.92. The van der Waals surface area contributed by atoms with Gasteiger partial charge in [0, 0.05) is 18.2 Å². The van der Waals surface area contributed by atoms with Gasteiger partial charge in [-0.2, -0.15) is 0 Å². The molecule has 7 nitrogen and oxygen atoms in total. The van der Waals surface area contributed by atoms with Crippen molar-refractivity contribution >= 4 is 21.6 Å². The summed E-state index contributed by atoms with van der Waals surface area (Å²) >= 11 is 0. The lowest BCUT2D eigenvalue weighted by molar-refractivity contribution is 0.0939. The van der Waals surface area contributed by atoms with Crippen molar-refractivity contribution in [2.45, 2.75) is 19.9 Å². The molecule has 0 bridgehead atoms. The zero-order valence-corrected chi connectivity index (χ0v) is 17.8. The molecule has 28 heavy (non-hydrogen) atoms. The number of rotatable bonds is 7. The molecule has 0 fully saturated rings. The van der Waals surface area contributed by atoms with E-state index in [-0.39, 0.29) is 11.9 Å². The summed E-state index contributed by atoms with van der Waals surface area (Å²) in [6, 6.07) is 10.0. The first-order chi connectivity index (χ1) is 13.1. The zero-order chi connectivity index (χ0) is 21.1. The van der Waals surface area contributed by atoms with Crippen LogP contribution in [0.4, 0.5) is 5.69 Å². The third kappa shape index (κ3) is 4.56. The molecule has 0 aliphatic carbocycles. The molecule has 152 valence electrons. The van der Waals surface area contributed by atoms with E-state index < -0.39 is 10.0 Å². The van der Waals surface area contributed by atoms with Crippen molar-refractivity contribution < 1.29 is 22.7 Å². The van der Waals surface area contributed by atoms with Gasteiger partial charge in [-0.15, -0.1) is 0 Å². The van der Waals surface area contributed by atoms with E-state index in [9.17, 15) is 13.2 Å². The third-order valence-corrected chi connectivity index (χ3v) is 5.83. The molecule has 1 atom stereocenters. The first-order valence-corrected chi connectivity index (χ1v) is 10.5. The highest BCUT2D eigenvalue weighted by molar-refractivity contribution is 7.92. The molecule has 0 saturated heterocycles. The highest BCUT2D eigenvalue weighted by Crippen LogP contribution is 2.30. The molecule has 1 N–H and O–H groups in total. The van der Waals surface area contributed by atoms with E-state index >= 15 is 0 Å². The highest BCUT2D eigenvalue weighted by atomic mass is 32.2. The van der Waals surface area contributed by atoms with Gasteiger partial charge in [-0.1, -0.05) is 6.07 Å². The highest BCUT2D eigenvalue weighted by Gasteiger charge is 2.21. The normalized spacial score (nSPS) is 12.2. The van der Waals surface area contributed by atoms with Gasteiger partial charge in [-0.3, -0.25) is 9.10 Å². The van der Waals surface area contributed by atoms with Crippen LogP contribution in [0, 0.1) is 6.92 Å². The summed E-state index contributed by atoms with van der Waals surface area (Å²) in [4.78, 5) is 12.9. The van der Waals surface area contributed by atoms with Gasteiger partial charge in [-0.05, 0) is 49.7 Å². The Morgan fingerprint density at radius 2 is 1.82 bits per heavy atom. The number of nitrogens with zero attached hydrogens (tertiary/aromatic N) is 1. The third-order valence-electron chi connectivity index (χ3n) is 4.64. The van der Waals surface area contributed by atoms with E-state index in [0.29, 0.717) is 28.3 Å². The molecule has 2 aromatic rings. The Morgan fingerprint density at radius 3 is 2.39 bits per heavy atom. The van der Waals surface area contributed by atoms with Crippen molar-refractivity contribution in [3.63, 3.8) is 0 Å². The van der Waals surface area contributed by atoms with E-state index in [1.165, 1.54) is 7.05 Å². The Morgan fingerprint density at radius 1 is 1.14 bits per heavy atom. The Labute approximate surface area is 166 Å². The average molecular weight is 407 g/mol. The second-order valence-corrected chi connectivity index (χ2v) is 8.50. The molecule has 2 aromatic carbocycles. The maximum Gasteiger partial charge on any atom is 0.252 e. The standard InChI is InChI=1S/C20H26N2O5S/c1-13-16(8-7-9-18(13)22(3)28(6,24)25)20(23)21-14(2)17-12-15(26-4)10-11-19(17)27-5/h7-12,14H,1-6H3,(H,21,23)/t14-/m0/s1. The summed E-state index contributed by atoms with van der Waals surface area (Å²) in [5, 5.41) is 2.94. The topological polar surface area (TPSA) is 84.9 Å². The lowest BCUT2D eigenvalue weighted by Crippen LogP contribution is -2.29. The van der Waals surface area contributed by atoms with E-state index in [1.54, 1.807) is 51.5 Å². The molecular formula is C20H26N2O5S. The predicted octanol–water partition coefficient (Wildman–Crippen LogP) is 2.90. The number of anilines is 1. The van der Waals surface area contributed by atoms with Crippen molar-refractivity contribution in [1.29, 1.82) is 0 Å². The molecule has 0 aliphatic rings. The number of sulfonamides is 1. The molecule has 0 radical (unpaired) electrons. The number of carbonyl (C=O) groups is 1. The molecule has 0 spiro atoms. The van der Waals surface area contributed by atoms with Crippen molar-refractivity contribution in [3.05, 3.63) is 53.1 Å². The maximum atomic E-state index is 12.9. The van der Waals surface area contributed by atoms with Crippen LogP contribution in [0.15, 0.2) is 36.4 Å². The molecule has 1 amide bonds. The second kappa shape index (κ2) is 8.52. The minimum atomic E-state index is -3.43. The largest absolute Gasteiger partial charge is 0.497 e. The van der Waals surface area contributed by atoms with Crippen LogP contribution in [-0.4, -0.2) is 41.8 Å². The summed E-state index contributed by atoms with van der Waals surface area (Å²) < 4.78 is 35.5. The number of carbonyl (C=O) groups excluding carboxylic acids is 1. The van der Waals surface area contributed by atoms with E-state index in [4.69, 9.17) is 9.47 Å². The summed E-state index contributed by atoms with van der Waals surface area (Å²) in [6.45, 7) is 3.57. The van der Waals surface area contributed by atoms with Crippen molar-refractivity contribution in [2.75, 3.05) is 31.8 Å². The van der Waals surface area contributed by atoms with Gasteiger partial charge in [0.05, 0.1) is 32.2 Å². The van der Waals surface area contributed by atoms with Crippen molar-refractivity contribution in [2.24, 2.45) is 0 Å². The Hall–Kier alpha value is -2.74. The first-order valence-electron chi connectivity index (χ1n) is 8.66. The zero-order valence-electron chi connectivity index (χ0n) is 16.9. The number of hydrogen-bond donors (Lipinski definition) is 1. The monoisotopic (exact) mass is 406 g/mol. The summed E-state index contributed by atoms with van der Waals surface area (Å²) in [5.41, 5.74) is 2.22. The number of nitrogens with one attached hydrogen (secondary N) is 1. The van der Waals surface area contributed by atoms with Crippen LogP contribution in [0.1, 0.15) is 34.5 Å². The average Bonchev–Trinajstić information content (AvgIpc) is 2.66. The summed E-state index contributed by atoms with van der Waals surface area (Å²) in [6.07, 6.45) is 1.12. The van der Waals surface area contributed by atoms with E-state index in [0.717, 1.165) is 16.1 Å². The van der Waals surface area contributed by atoms with Crippen molar-refractivity contribution in [3.8, 4) is 11.5 Å². The lowest BCUT2D eigenvalue weighted by atomic mass is 10.0. The van der Waals surface area contributed by atoms with Gasteiger partial charge >= 0.3 is 0 Å². The SMILES string of the molecule is COc1ccc(OC)c([C@H](C)NC(=O)c2cccc(N(C)S(C)(=O)=O)c2C)c1. The van der Waals surface area contributed by atoms with Gasteiger partial charge in [0.1, 0.15) is 11.5 Å². The lowest BCUT2D eigenvalue weighted by Gasteiger charge is -2.22. The van der Waals surface area contributed by atoms with E-state index in [2.05, 4.69) is 5.32 Å². The van der Waals surface area contributed by atoms with Crippen LogP contribution in [0.3, 0.4) is 0 Å². The molecule has 0 aromatic heterocycles. The van der Waals surface area contributed by atoms with Crippen LogP contribution in [0.25, 0.3) is 0 Å². The van der Waals surface area contributed by atoms with Gasteiger partial charge < -0.3 is 14.8 Å². The van der Waals surface area contributed by atoms with Gasteiger partial charge in [0.15, 0.2) is 0 Å². The number of amides is 1. The molecule has 0 unspecified atom stereocenters. The fraction of sp³-hybridized carbons (Fsp3) is 0.350. The molecule has 0 saturated carbocycles. The number of hydrogen-bond acceptors (Lipinski definition) is 5. The van der Waals surface area contributed by atoms with Crippen LogP contribution < -0.4 is 19.1 Å². The summed E-state index contributed by atoms with van der Waals surface area (Å²) in [5.74, 6) is 0.986. The smallest absolute Gasteiger partial charge is 0.252 e. The molecule has 8 heteroatoms. The Kier molecular flexibility index (Phi) is 6.56. The van der Waals surface area contributed by atoms with Gasteiger partial charge in [0.25, 0.3) is 5.91 Å². The molecule has 0 heterocycles. The first kappa shape index (κ1) is 21.6. The minimum absolute atomic E-state index is 0.307. The van der Waals surface area contributed by atoms with Crippen molar-refractivity contribution in [1.82, 2.24) is 5.32 Å². The molecule has 0 aliphatic heterocycles. The van der Waals surface area contributed by atoms with Crippen LogP contribution >= 0.6 is 0 Å². The quantitative estimate of drug-likeness (QED) is 0.764. The number of ether oxygens (including phenoxy) is 2. The molecule has 2 rings (SSSR count). The van der Waals surface area contributed by atoms with Crippen LogP contribution in [0.5, 0.6) is 11.5 Å². The molecular weight excluding hydrogens is 380 g/mol. The van der Waals surface area contributed by atoms with Crippen LogP contribution in [-0.2, 0) is 10.0 Å². The predicted molar refractivity (Wildman–Crippen MR) is 110 cm³/mol. The van der Waals surface area contributed by atoms with Gasteiger partial charge in [0.2, 0.25) is 10.0 Å². The fourth-order valence-corrected chi connectivity index (χ4v) is 3.47. The summed E-state index contributed by atoms with van der Waals surface area (Å²) in [7, 11) is 1.16. The Balaban J connectivity index is 2.33. The number of methoxy groups -OCH3 is 2. The Bertz CT molecular complexity index is 973. The van der Waals surface area contributed by atoms with Crippen LogP contribution in [0.2, 0.25) is 0 Å². The minimum Gasteiger partial charge on any atom is -0.497 e. The second-order valence-electron chi connectivity index (χ2n) is 6.48.